The van der Waals surface area contributed by atoms with Crippen molar-refractivity contribution in [1.82, 2.24) is 5.32 Å². The molecular weight excluding hydrogens is 251 g/mol. The third-order valence-corrected chi connectivity index (χ3v) is 3.07. The quantitative estimate of drug-likeness (QED) is 0.841. The fourth-order valence-corrected chi connectivity index (χ4v) is 2.01. The molecule has 0 radical (unpaired) electrons. The molecule has 1 aromatic rings. The van der Waals surface area contributed by atoms with E-state index in [2.05, 4.69) is 10.3 Å². The molecule has 0 aliphatic carbocycles. The highest BCUT2D eigenvalue weighted by Gasteiger charge is 2.17. The second kappa shape index (κ2) is 5.64. The van der Waals surface area contributed by atoms with E-state index in [1.807, 2.05) is 30.5 Å². The highest BCUT2D eigenvalue weighted by atomic mass is 35.5. The van der Waals surface area contributed by atoms with Crippen LogP contribution in [0.4, 0.5) is 0 Å². The maximum atomic E-state index is 5.82. The summed E-state index contributed by atoms with van der Waals surface area (Å²) in [6.45, 7) is 0.817. The third-order valence-electron chi connectivity index (χ3n) is 2.18. The summed E-state index contributed by atoms with van der Waals surface area (Å²) in [7, 11) is 0. The van der Waals surface area contributed by atoms with Gasteiger partial charge in [0.1, 0.15) is 0 Å². The predicted octanol–water partition coefficient (Wildman–Crippen LogP) is 3.13. The van der Waals surface area contributed by atoms with Gasteiger partial charge in [-0.15, -0.1) is 12.4 Å². The van der Waals surface area contributed by atoms with Gasteiger partial charge in [0.25, 0.3) is 0 Å². The van der Waals surface area contributed by atoms with E-state index in [0.717, 1.165) is 16.7 Å². The van der Waals surface area contributed by atoms with Gasteiger partial charge in [-0.25, -0.2) is 0 Å². The Hall–Kier alpha value is -0.380. The normalized spacial score (nSPS) is 19.1. The first-order valence-corrected chi connectivity index (χ1v) is 6.00. The first-order chi connectivity index (χ1) is 6.79. The highest BCUT2D eigenvalue weighted by molar-refractivity contribution is 8.13. The Labute approximate surface area is 105 Å². The standard InChI is InChI=1S/C10H11ClN2S.ClH/c1-14-10-12-6-9(13-10)7-2-4-8(11)5-3-7;/h2-5,9H,6H2,1H3,(H,12,13);1H. The Morgan fingerprint density at radius 3 is 2.60 bits per heavy atom. The fraction of sp³-hybridized carbons (Fsp3) is 0.300. The molecule has 0 bridgehead atoms. The van der Waals surface area contributed by atoms with Crippen molar-refractivity contribution in [3.8, 4) is 0 Å². The maximum Gasteiger partial charge on any atom is 0.156 e. The van der Waals surface area contributed by atoms with Gasteiger partial charge < -0.3 is 5.32 Å². The van der Waals surface area contributed by atoms with Crippen molar-refractivity contribution >= 4 is 40.9 Å². The third kappa shape index (κ3) is 3.03. The van der Waals surface area contributed by atoms with Gasteiger partial charge in [-0.2, -0.15) is 0 Å². The summed E-state index contributed by atoms with van der Waals surface area (Å²) >= 11 is 7.47. The highest BCUT2D eigenvalue weighted by Crippen LogP contribution is 2.21. The molecule has 0 amide bonds. The fourth-order valence-electron chi connectivity index (χ4n) is 1.42. The molecule has 1 aliphatic rings. The summed E-state index contributed by atoms with van der Waals surface area (Å²) < 4.78 is 0. The minimum absolute atomic E-state index is 0. The molecule has 1 aromatic carbocycles. The van der Waals surface area contributed by atoms with Gasteiger partial charge in [0, 0.05) is 5.02 Å². The Morgan fingerprint density at radius 2 is 2.07 bits per heavy atom. The van der Waals surface area contributed by atoms with Crippen molar-refractivity contribution in [2.45, 2.75) is 6.04 Å². The first kappa shape index (κ1) is 12.7. The van der Waals surface area contributed by atoms with Crippen LogP contribution in [0.5, 0.6) is 0 Å². The molecule has 5 heteroatoms. The number of hydrogen-bond acceptors (Lipinski definition) is 3. The zero-order chi connectivity index (χ0) is 9.97. The van der Waals surface area contributed by atoms with Crippen LogP contribution in [0.15, 0.2) is 29.3 Å². The number of halogens is 2. The zero-order valence-corrected chi connectivity index (χ0v) is 10.6. The van der Waals surface area contributed by atoms with Gasteiger partial charge in [0.05, 0.1) is 12.6 Å². The maximum absolute atomic E-state index is 5.82. The van der Waals surface area contributed by atoms with Crippen molar-refractivity contribution < 1.29 is 0 Å². The Balaban J connectivity index is 0.00000112. The molecule has 2 nitrogen and oxygen atoms in total. The van der Waals surface area contributed by atoms with E-state index in [-0.39, 0.29) is 12.4 Å². The molecule has 82 valence electrons. The number of hydrogen-bond donors (Lipinski definition) is 1. The van der Waals surface area contributed by atoms with E-state index in [1.54, 1.807) is 11.8 Å². The molecule has 1 N–H and O–H groups in total. The van der Waals surface area contributed by atoms with Gasteiger partial charge in [0.15, 0.2) is 5.17 Å². The molecule has 0 fully saturated rings. The summed E-state index contributed by atoms with van der Waals surface area (Å²) in [5.74, 6) is 0. The molecular formula is C10H12Cl2N2S. The molecule has 0 saturated carbocycles. The Kier molecular flexibility index (Phi) is 4.77. The van der Waals surface area contributed by atoms with Crippen molar-refractivity contribution in [3.63, 3.8) is 0 Å². The SMILES string of the molecule is CSC1=NCC(c2ccc(Cl)cc2)N1.Cl. The molecule has 0 aromatic heterocycles. The number of thioether (sulfide) groups is 1. The molecule has 15 heavy (non-hydrogen) atoms. The van der Waals surface area contributed by atoms with E-state index in [0.29, 0.717) is 6.04 Å². The topological polar surface area (TPSA) is 24.4 Å². The lowest BCUT2D eigenvalue weighted by atomic mass is 10.1. The van der Waals surface area contributed by atoms with Crippen molar-refractivity contribution in [2.75, 3.05) is 12.8 Å². The first-order valence-electron chi connectivity index (χ1n) is 4.40. The molecule has 1 atom stereocenters. The zero-order valence-electron chi connectivity index (χ0n) is 8.24. The molecule has 2 rings (SSSR count). The molecule has 1 heterocycles. The Bertz CT molecular complexity index is 351. The molecule has 0 spiro atoms. The van der Waals surface area contributed by atoms with Gasteiger partial charge in [0.2, 0.25) is 0 Å². The largest absolute Gasteiger partial charge is 0.356 e. The van der Waals surface area contributed by atoms with Gasteiger partial charge >= 0.3 is 0 Å². The number of benzene rings is 1. The second-order valence-electron chi connectivity index (χ2n) is 3.10. The smallest absolute Gasteiger partial charge is 0.156 e. The lowest BCUT2D eigenvalue weighted by molar-refractivity contribution is 0.712. The second-order valence-corrected chi connectivity index (χ2v) is 4.33. The summed E-state index contributed by atoms with van der Waals surface area (Å²) in [4.78, 5) is 4.37. The number of rotatable bonds is 1. The Morgan fingerprint density at radius 1 is 1.40 bits per heavy atom. The lowest BCUT2D eigenvalue weighted by Gasteiger charge is -2.11. The van der Waals surface area contributed by atoms with E-state index in [9.17, 15) is 0 Å². The van der Waals surface area contributed by atoms with Crippen LogP contribution in [0.3, 0.4) is 0 Å². The van der Waals surface area contributed by atoms with Crippen LogP contribution < -0.4 is 5.32 Å². The van der Waals surface area contributed by atoms with E-state index < -0.39 is 0 Å². The van der Waals surface area contributed by atoms with Crippen molar-refractivity contribution in [1.29, 1.82) is 0 Å². The van der Waals surface area contributed by atoms with Gasteiger partial charge in [-0.05, 0) is 24.0 Å². The average Bonchev–Trinajstić information content (AvgIpc) is 2.67. The van der Waals surface area contributed by atoms with Crippen LogP contribution in [0.25, 0.3) is 0 Å². The van der Waals surface area contributed by atoms with Crippen LogP contribution in [-0.4, -0.2) is 18.0 Å². The van der Waals surface area contributed by atoms with Crippen molar-refractivity contribution in [3.05, 3.63) is 34.9 Å². The van der Waals surface area contributed by atoms with Gasteiger partial charge in [-0.3, -0.25) is 4.99 Å². The van der Waals surface area contributed by atoms with E-state index >= 15 is 0 Å². The average molecular weight is 263 g/mol. The number of aliphatic imine (C=N–C) groups is 1. The van der Waals surface area contributed by atoms with Crippen LogP contribution in [0.1, 0.15) is 11.6 Å². The number of nitrogens with one attached hydrogen (secondary N) is 1. The minimum Gasteiger partial charge on any atom is -0.356 e. The van der Waals surface area contributed by atoms with E-state index in [4.69, 9.17) is 11.6 Å². The summed E-state index contributed by atoms with van der Waals surface area (Å²) in [5.41, 5.74) is 1.24. The number of amidine groups is 1. The van der Waals surface area contributed by atoms with E-state index in [1.165, 1.54) is 5.56 Å². The van der Waals surface area contributed by atoms with Crippen LogP contribution >= 0.6 is 35.8 Å². The summed E-state index contributed by atoms with van der Waals surface area (Å²) in [6.07, 6.45) is 2.02. The summed E-state index contributed by atoms with van der Waals surface area (Å²) in [6, 6.07) is 8.22. The van der Waals surface area contributed by atoms with Crippen molar-refractivity contribution in [2.24, 2.45) is 4.99 Å². The summed E-state index contributed by atoms with van der Waals surface area (Å²) in [5, 5.41) is 5.14. The van der Waals surface area contributed by atoms with Crippen LogP contribution in [-0.2, 0) is 0 Å². The lowest BCUT2D eigenvalue weighted by Crippen LogP contribution is -2.20. The van der Waals surface area contributed by atoms with Crippen LogP contribution in [0, 0.1) is 0 Å². The monoisotopic (exact) mass is 262 g/mol. The molecule has 1 aliphatic heterocycles. The molecule has 0 saturated heterocycles. The number of nitrogens with zero attached hydrogens (tertiary/aromatic N) is 1. The van der Waals surface area contributed by atoms with Crippen LogP contribution in [0.2, 0.25) is 5.02 Å². The minimum atomic E-state index is 0. The van der Waals surface area contributed by atoms with Gasteiger partial charge in [-0.1, -0.05) is 35.5 Å². The molecule has 1 unspecified atom stereocenters. The predicted molar refractivity (Wildman–Crippen MR) is 70.4 cm³/mol.